The van der Waals surface area contributed by atoms with Gasteiger partial charge in [0.15, 0.2) is 0 Å². The zero-order chi connectivity index (χ0) is 26.1. The molecular formula is C26H29BrN2O4SZn. The van der Waals surface area contributed by atoms with Crippen molar-refractivity contribution < 1.29 is 34.3 Å². The summed E-state index contributed by atoms with van der Waals surface area (Å²) >= 11 is 4.25. The molecule has 0 saturated carbocycles. The molecule has 0 aliphatic carbocycles. The standard InChI is InChI=1S/C26H29N2O4S.BrH.Zn/c1-5-32-25(29)21-13-15-23(16-14-21)28(19-26(3,4)22-9-7-6-8-10-22)27-33(30,31)24-17-11-20(2)12-18-24;;/h6-18H,5,19H2,1-4H3;1H;/q-1;;+2/p-1. The summed E-state index contributed by atoms with van der Waals surface area (Å²) in [5.74, 6) is -0.426. The quantitative estimate of drug-likeness (QED) is 0.158. The fraction of sp³-hybridized carbons (Fsp3) is 0.269. The molecule has 0 amide bonds. The van der Waals surface area contributed by atoms with Crippen molar-refractivity contribution in [1.82, 2.24) is 0 Å². The fourth-order valence-corrected chi connectivity index (χ4v) is 4.38. The van der Waals surface area contributed by atoms with Gasteiger partial charge in [0, 0.05) is 22.5 Å². The van der Waals surface area contributed by atoms with Crippen LogP contribution < -0.4 is 5.01 Å². The van der Waals surface area contributed by atoms with Crippen molar-refractivity contribution in [3.05, 3.63) is 100 Å². The van der Waals surface area contributed by atoms with E-state index in [4.69, 9.17) is 4.74 Å². The van der Waals surface area contributed by atoms with E-state index in [9.17, 15) is 13.2 Å². The van der Waals surface area contributed by atoms with Gasteiger partial charge in [-0.05, 0) is 55.8 Å². The molecule has 0 heterocycles. The summed E-state index contributed by atoms with van der Waals surface area (Å²) in [5, 5.41) is 1.48. The van der Waals surface area contributed by atoms with Crippen LogP contribution in [0, 0.1) is 6.92 Å². The second-order valence-corrected chi connectivity index (χ2v) is 10.0. The van der Waals surface area contributed by atoms with Crippen LogP contribution in [0.5, 0.6) is 0 Å². The SMILES string of the molecule is CCOC(=O)c1ccc(N(CC(C)(C)c2ccccc2)[N-]S(=O)(=O)c2ccc(C)cc2)cc1.[Zn+][Br]. The van der Waals surface area contributed by atoms with E-state index >= 15 is 0 Å². The number of halogens is 1. The van der Waals surface area contributed by atoms with Gasteiger partial charge in [0.05, 0.1) is 12.2 Å². The topological polar surface area (TPSA) is 77.8 Å². The normalized spacial score (nSPS) is 11.3. The number of aryl methyl sites for hydroxylation is 1. The molecule has 0 aromatic heterocycles. The Labute approximate surface area is 225 Å². The second kappa shape index (κ2) is 13.3. The molecule has 0 N–H and O–H groups in total. The summed E-state index contributed by atoms with van der Waals surface area (Å²) in [6.07, 6.45) is 0. The van der Waals surface area contributed by atoms with E-state index in [0.29, 0.717) is 17.8 Å². The van der Waals surface area contributed by atoms with Crippen LogP contribution in [0.1, 0.15) is 42.3 Å². The number of sulfonamides is 1. The van der Waals surface area contributed by atoms with Gasteiger partial charge >= 0.3 is 35.9 Å². The van der Waals surface area contributed by atoms with Crippen LogP contribution in [0.2, 0.25) is 0 Å². The minimum atomic E-state index is -3.95. The Balaban J connectivity index is 0.00000210. The van der Waals surface area contributed by atoms with Crippen molar-refractivity contribution in [3.63, 3.8) is 0 Å². The molecule has 6 nitrogen and oxygen atoms in total. The summed E-state index contributed by atoms with van der Waals surface area (Å²) in [6, 6.07) is 23.1. The summed E-state index contributed by atoms with van der Waals surface area (Å²) in [4.78, 5) is 16.3. The van der Waals surface area contributed by atoms with Crippen molar-refractivity contribution in [1.29, 1.82) is 0 Å². The first kappa shape index (κ1) is 29.2. The molecular weight excluding hydrogens is 582 g/mol. The van der Waals surface area contributed by atoms with Gasteiger partial charge in [0.1, 0.15) is 10.0 Å². The molecule has 9 heteroatoms. The Morgan fingerprint density at radius 1 is 0.971 bits per heavy atom. The number of carbonyl (C=O) groups excluding carboxylic acids is 1. The fourth-order valence-electron chi connectivity index (χ4n) is 3.39. The minimum absolute atomic E-state index is 0.124. The predicted molar refractivity (Wildman–Crippen MR) is 140 cm³/mol. The molecule has 3 rings (SSSR count). The van der Waals surface area contributed by atoms with E-state index in [2.05, 4.69) is 18.5 Å². The first-order valence-corrected chi connectivity index (χ1v) is 19.4. The van der Waals surface area contributed by atoms with Gasteiger partial charge in [-0.15, -0.1) is 0 Å². The Bertz CT molecular complexity index is 1190. The van der Waals surface area contributed by atoms with Gasteiger partial charge in [-0.3, -0.25) is 0 Å². The number of hydrogen-bond acceptors (Lipinski definition) is 5. The molecule has 3 aromatic rings. The summed E-state index contributed by atoms with van der Waals surface area (Å²) in [7, 11) is -3.95. The number of esters is 1. The second-order valence-electron chi connectivity index (χ2n) is 8.44. The summed E-state index contributed by atoms with van der Waals surface area (Å²) in [5.41, 5.74) is 2.56. The van der Waals surface area contributed by atoms with Gasteiger partial charge < -0.3 is 14.6 Å². The summed E-state index contributed by atoms with van der Waals surface area (Å²) < 4.78 is 31.3. The Hall–Kier alpha value is -2.06. The van der Waals surface area contributed by atoms with Gasteiger partial charge in [0.25, 0.3) is 0 Å². The Kier molecular flexibility index (Phi) is 11.1. The zero-order valence-corrected chi connectivity index (χ0v) is 25.8. The molecule has 35 heavy (non-hydrogen) atoms. The van der Waals surface area contributed by atoms with E-state index in [-0.39, 0.29) is 11.5 Å². The molecule has 0 fully saturated rings. The first-order valence-electron chi connectivity index (χ1n) is 11.0. The van der Waals surface area contributed by atoms with Crippen molar-refractivity contribution in [3.8, 4) is 0 Å². The molecule has 0 atom stereocenters. The number of ether oxygens (including phenoxy) is 1. The van der Waals surface area contributed by atoms with Crippen LogP contribution in [0.15, 0.2) is 83.8 Å². The number of rotatable bonds is 9. The maximum atomic E-state index is 13.1. The molecule has 0 aliphatic heterocycles. The summed E-state index contributed by atoms with van der Waals surface area (Å²) in [6.45, 7) is 8.30. The third-order valence-electron chi connectivity index (χ3n) is 5.30. The number of nitrogens with zero attached hydrogens (tertiary/aromatic N) is 2. The molecule has 0 unspecified atom stereocenters. The van der Waals surface area contributed by atoms with E-state index < -0.39 is 21.4 Å². The van der Waals surface area contributed by atoms with Crippen molar-refractivity contribution in [2.45, 2.75) is 38.0 Å². The monoisotopic (exact) mass is 608 g/mol. The average Bonchev–Trinajstić information content (AvgIpc) is 2.86. The number of hydrogen-bond donors (Lipinski definition) is 0. The third-order valence-corrected chi connectivity index (χ3v) is 6.58. The van der Waals surface area contributed by atoms with E-state index in [1.54, 1.807) is 55.5 Å². The molecule has 182 valence electrons. The van der Waals surface area contributed by atoms with Gasteiger partial charge in [-0.25, -0.2) is 13.2 Å². The van der Waals surface area contributed by atoms with Gasteiger partial charge in [0.2, 0.25) is 0 Å². The third kappa shape index (κ3) is 8.24. The zero-order valence-electron chi connectivity index (χ0n) is 20.4. The van der Waals surface area contributed by atoms with E-state index in [1.165, 1.54) is 21.4 Å². The predicted octanol–water partition coefficient (Wildman–Crippen LogP) is 6.48. The van der Waals surface area contributed by atoms with Crippen molar-refractivity contribution >= 4 is 35.3 Å². The number of benzene rings is 3. The van der Waals surface area contributed by atoms with Crippen LogP contribution in [-0.4, -0.2) is 27.5 Å². The van der Waals surface area contributed by atoms with Crippen LogP contribution in [0.3, 0.4) is 0 Å². The Morgan fingerprint density at radius 3 is 2.09 bits per heavy atom. The van der Waals surface area contributed by atoms with E-state index in [1.807, 2.05) is 51.1 Å². The first-order chi connectivity index (χ1) is 16.6. The van der Waals surface area contributed by atoms with Crippen LogP contribution in [0.25, 0.3) is 4.83 Å². The molecule has 3 aromatic carbocycles. The molecule has 0 radical (unpaired) electrons. The number of carbonyl (C=O) groups is 1. The van der Waals surface area contributed by atoms with Crippen LogP contribution in [0.4, 0.5) is 5.69 Å². The van der Waals surface area contributed by atoms with Crippen LogP contribution >= 0.6 is 13.6 Å². The van der Waals surface area contributed by atoms with Crippen LogP contribution in [-0.2, 0) is 36.5 Å². The molecule has 0 saturated heterocycles. The van der Waals surface area contributed by atoms with Crippen molar-refractivity contribution in [2.75, 3.05) is 18.2 Å². The van der Waals surface area contributed by atoms with Crippen molar-refractivity contribution in [2.24, 2.45) is 0 Å². The number of anilines is 1. The Morgan fingerprint density at radius 2 is 1.54 bits per heavy atom. The maximum absolute atomic E-state index is 13.1. The molecule has 0 spiro atoms. The van der Waals surface area contributed by atoms with Gasteiger partial charge in [-0.2, -0.15) is 0 Å². The average molecular weight is 611 g/mol. The molecule has 0 bridgehead atoms. The molecule has 0 aliphatic rings. The van der Waals surface area contributed by atoms with E-state index in [0.717, 1.165) is 11.1 Å². The van der Waals surface area contributed by atoms with Gasteiger partial charge in [-0.1, -0.05) is 61.9 Å².